The van der Waals surface area contributed by atoms with Gasteiger partial charge >= 0.3 is 0 Å². The molecule has 0 bridgehead atoms. The highest BCUT2D eigenvalue weighted by Gasteiger charge is 2.20. The van der Waals surface area contributed by atoms with Crippen molar-refractivity contribution < 1.29 is 23.0 Å². The zero-order valence-electron chi connectivity index (χ0n) is 22.2. The van der Waals surface area contributed by atoms with Crippen LogP contribution in [-0.4, -0.2) is 52.2 Å². The van der Waals surface area contributed by atoms with E-state index in [-0.39, 0.29) is 36.4 Å². The molecule has 3 atom stereocenters. The van der Waals surface area contributed by atoms with Crippen molar-refractivity contribution in [1.82, 2.24) is 5.32 Å². The summed E-state index contributed by atoms with van der Waals surface area (Å²) in [6, 6.07) is 24.0. The summed E-state index contributed by atoms with van der Waals surface area (Å²) in [6.45, 7) is 4.59. The summed E-state index contributed by atoms with van der Waals surface area (Å²) < 4.78 is 37.2. The largest absolute Gasteiger partial charge is 0.497 e. The number of rotatable bonds is 13. The minimum atomic E-state index is -3.60. The lowest BCUT2D eigenvalue weighted by Crippen LogP contribution is -2.39. The monoisotopic (exact) mass is 537 g/mol. The number of sulfonamides is 1. The number of nitriles is 1. The molecule has 3 unspecified atom stereocenters. The van der Waals surface area contributed by atoms with Crippen LogP contribution in [0.25, 0.3) is 0 Å². The molecule has 9 heteroatoms. The van der Waals surface area contributed by atoms with Gasteiger partial charge in [-0.1, -0.05) is 49.4 Å². The average Bonchev–Trinajstić information content (AvgIpc) is 2.93. The number of nitrogens with zero attached hydrogens (tertiary/aromatic N) is 2. The average molecular weight is 538 g/mol. The van der Waals surface area contributed by atoms with Crippen LogP contribution in [0.1, 0.15) is 36.5 Å². The molecule has 3 rings (SSSR count). The summed E-state index contributed by atoms with van der Waals surface area (Å²) >= 11 is 0. The lowest BCUT2D eigenvalue weighted by Gasteiger charge is -2.24. The number of nitrogens with one attached hydrogen (secondary N) is 1. The molecule has 0 aliphatic rings. The molecule has 0 heterocycles. The Hall–Kier alpha value is -3.58. The zero-order chi connectivity index (χ0) is 27.7. The van der Waals surface area contributed by atoms with Crippen molar-refractivity contribution in [1.29, 1.82) is 5.26 Å². The minimum absolute atomic E-state index is 0.0233. The van der Waals surface area contributed by atoms with E-state index >= 15 is 0 Å². The number of ether oxygens (including phenoxy) is 2. The van der Waals surface area contributed by atoms with Crippen LogP contribution in [0.4, 0.5) is 5.69 Å². The highest BCUT2D eigenvalue weighted by Crippen LogP contribution is 2.28. The number of anilines is 1. The van der Waals surface area contributed by atoms with E-state index < -0.39 is 16.1 Å². The Morgan fingerprint density at radius 1 is 1.05 bits per heavy atom. The molecule has 0 saturated carbocycles. The maximum absolute atomic E-state index is 12.5. The van der Waals surface area contributed by atoms with Gasteiger partial charge in [-0.15, -0.1) is 0 Å². The molecule has 0 aromatic heterocycles. The van der Waals surface area contributed by atoms with E-state index in [0.29, 0.717) is 12.2 Å². The van der Waals surface area contributed by atoms with E-state index in [0.717, 1.165) is 23.1 Å². The van der Waals surface area contributed by atoms with E-state index in [1.54, 1.807) is 19.2 Å². The third-order valence-corrected chi connectivity index (χ3v) is 7.58. The Bertz CT molecular complexity index is 1320. The Kier molecular flexibility index (Phi) is 10.1. The van der Waals surface area contributed by atoms with Gasteiger partial charge in [0.15, 0.2) is 0 Å². The van der Waals surface area contributed by atoms with Crippen molar-refractivity contribution in [3.05, 3.63) is 89.5 Å². The molecule has 0 spiro atoms. The van der Waals surface area contributed by atoms with Gasteiger partial charge in [-0.3, -0.25) is 4.31 Å². The predicted molar refractivity (Wildman–Crippen MR) is 149 cm³/mol. The van der Waals surface area contributed by atoms with Crippen molar-refractivity contribution >= 4 is 15.7 Å². The number of hydrogen-bond donors (Lipinski definition) is 2. The molecule has 3 aromatic carbocycles. The van der Waals surface area contributed by atoms with Gasteiger partial charge in [-0.25, -0.2) is 8.42 Å². The quantitative estimate of drug-likeness (QED) is 0.338. The molecular weight excluding hydrogens is 502 g/mol. The van der Waals surface area contributed by atoms with Crippen LogP contribution in [0.2, 0.25) is 0 Å². The van der Waals surface area contributed by atoms with E-state index in [1.165, 1.54) is 10.4 Å². The third kappa shape index (κ3) is 7.96. The number of aliphatic hydroxyl groups is 1. The molecule has 0 saturated heterocycles. The van der Waals surface area contributed by atoms with Crippen molar-refractivity contribution in [3.63, 3.8) is 0 Å². The van der Waals surface area contributed by atoms with Crippen LogP contribution in [0, 0.1) is 11.3 Å². The molecule has 38 heavy (non-hydrogen) atoms. The smallest absolute Gasteiger partial charge is 0.232 e. The van der Waals surface area contributed by atoms with E-state index in [1.807, 2.05) is 54.6 Å². The van der Waals surface area contributed by atoms with Gasteiger partial charge in [0, 0.05) is 12.6 Å². The van der Waals surface area contributed by atoms with Gasteiger partial charge in [-0.2, -0.15) is 5.26 Å². The minimum Gasteiger partial charge on any atom is -0.497 e. The van der Waals surface area contributed by atoms with Crippen LogP contribution in [0.3, 0.4) is 0 Å². The summed E-state index contributed by atoms with van der Waals surface area (Å²) in [5, 5.41) is 23.5. The van der Waals surface area contributed by atoms with Gasteiger partial charge in [0.2, 0.25) is 10.0 Å². The van der Waals surface area contributed by atoms with Crippen molar-refractivity contribution in [2.45, 2.75) is 38.5 Å². The highest BCUT2D eigenvalue weighted by atomic mass is 32.2. The van der Waals surface area contributed by atoms with Crippen molar-refractivity contribution in [2.75, 3.05) is 30.8 Å². The number of hydrogen-bond acceptors (Lipinski definition) is 7. The molecule has 3 aromatic rings. The van der Waals surface area contributed by atoms with Gasteiger partial charge in [-0.05, 0) is 54.3 Å². The van der Waals surface area contributed by atoms with E-state index in [2.05, 4.69) is 25.2 Å². The lowest BCUT2D eigenvalue weighted by atomic mass is 9.94. The predicted octanol–water partition coefficient (Wildman–Crippen LogP) is 4.05. The van der Waals surface area contributed by atoms with Crippen LogP contribution in [0.5, 0.6) is 11.5 Å². The second-order valence-corrected chi connectivity index (χ2v) is 11.2. The topological polar surface area (TPSA) is 112 Å². The van der Waals surface area contributed by atoms with Crippen LogP contribution in [-0.2, 0) is 16.6 Å². The SMILES string of the molecule is COc1ccc(C(C)C(C)NCC(O)COc2ccc(N(Cc3ccccc3)S(C)(=O)=O)cc2C#N)cc1. The van der Waals surface area contributed by atoms with Gasteiger partial charge in [0.1, 0.15) is 30.3 Å². The van der Waals surface area contributed by atoms with Crippen LogP contribution in [0.15, 0.2) is 72.8 Å². The zero-order valence-corrected chi connectivity index (χ0v) is 23.0. The van der Waals surface area contributed by atoms with E-state index in [9.17, 15) is 18.8 Å². The van der Waals surface area contributed by atoms with Crippen LogP contribution < -0.4 is 19.1 Å². The Labute approximate surface area is 225 Å². The first-order valence-electron chi connectivity index (χ1n) is 12.4. The normalized spacial score (nSPS) is 13.7. The summed E-state index contributed by atoms with van der Waals surface area (Å²) in [7, 11) is -1.96. The van der Waals surface area contributed by atoms with Crippen LogP contribution >= 0.6 is 0 Å². The summed E-state index contributed by atoms with van der Waals surface area (Å²) in [6.07, 6.45) is 0.323. The Morgan fingerprint density at radius 2 is 1.74 bits per heavy atom. The molecule has 8 nitrogen and oxygen atoms in total. The summed E-state index contributed by atoms with van der Waals surface area (Å²) in [4.78, 5) is 0. The fourth-order valence-corrected chi connectivity index (χ4v) is 4.86. The molecule has 0 radical (unpaired) electrons. The van der Waals surface area contributed by atoms with Gasteiger partial charge in [0.25, 0.3) is 0 Å². The fourth-order valence-electron chi connectivity index (χ4n) is 3.98. The summed E-state index contributed by atoms with van der Waals surface area (Å²) in [5.74, 6) is 1.29. The highest BCUT2D eigenvalue weighted by molar-refractivity contribution is 7.92. The fraction of sp³-hybridized carbons (Fsp3) is 0.345. The molecular formula is C29H35N3O5S. The molecule has 0 aliphatic heterocycles. The molecule has 0 aliphatic carbocycles. The first-order valence-corrected chi connectivity index (χ1v) is 14.2. The van der Waals surface area contributed by atoms with Gasteiger partial charge < -0.3 is 19.9 Å². The second kappa shape index (κ2) is 13.3. The van der Waals surface area contributed by atoms with Crippen molar-refractivity contribution in [3.8, 4) is 17.6 Å². The van der Waals surface area contributed by atoms with E-state index in [4.69, 9.17) is 9.47 Å². The maximum Gasteiger partial charge on any atom is 0.232 e. The summed E-state index contributed by atoms with van der Waals surface area (Å²) in [5.41, 5.74) is 2.53. The standard InChI is InChI=1S/C29H35N3O5S/c1-21(24-10-13-28(36-3)14-11-24)22(2)31-18-27(33)20-37-29-15-12-26(16-25(29)17-30)32(38(4,34)35)19-23-8-6-5-7-9-23/h5-16,21-22,27,31,33H,18-20H2,1-4H3. The van der Waals surface area contributed by atoms with Gasteiger partial charge in [0.05, 0.1) is 31.2 Å². The molecule has 2 N–H and O–H groups in total. The molecule has 0 fully saturated rings. The Morgan fingerprint density at radius 3 is 2.34 bits per heavy atom. The number of methoxy groups -OCH3 is 1. The Balaban J connectivity index is 1.60. The number of aliphatic hydroxyl groups excluding tert-OH is 1. The first kappa shape index (κ1) is 29.0. The molecule has 202 valence electrons. The van der Waals surface area contributed by atoms with Crippen molar-refractivity contribution in [2.24, 2.45) is 0 Å². The lowest BCUT2D eigenvalue weighted by molar-refractivity contribution is 0.103. The second-order valence-electron chi connectivity index (χ2n) is 9.27. The molecule has 0 amide bonds. The number of benzene rings is 3. The third-order valence-electron chi connectivity index (χ3n) is 6.44. The first-order chi connectivity index (χ1) is 18.1. The maximum atomic E-state index is 12.5.